The molecule has 2 bridgehead atoms. The molecule has 2 atom stereocenters. The molecule has 42 heavy (non-hydrogen) atoms. The van der Waals surface area contributed by atoms with Gasteiger partial charge in [-0.2, -0.15) is 13.2 Å². The molecule has 6 heterocycles. The van der Waals surface area contributed by atoms with E-state index in [4.69, 9.17) is 14.8 Å². The van der Waals surface area contributed by atoms with Gasteiger partial charge in [0, 0.05) is 49.4 Å². The number of rotatable bonds is 8. The first kappa shape index (κ1) is 29.2. The first-order valence-electron chi connectivity index (χ1n) is 13.8. The largest absolute Gasteiger partial charge is 0.420 e. The Balaban J connectivity index is 1.28. The van der Waals surface area contributed by atoms with Crippen LogP contribution in [0.25, 0.3) is 10.6 Å². The average molecular weight is 625 g/mol. The lowest BCUT2D eigenvalue weighted by molar-refractivity contribution is -0.137. The molecule has 2 fully saturated rings. The number of hydrogen-bond donors (Lipinski definition) is 2. The van der Waals surface area contributed by atoms with Gasteiger partial charge in [-0.25, -0.2) is 23.4 Å². The Kier molecular flexibility index (Phi) is 7.89. The van der Waals surface area contributed by atoms with E-state index in [0.29, 0.717) is 29.1 Å². The highest BCUT2D eigenvalue weighted by atomic mass is 32.2. The Morgan fingerprint density at radius 3 is 2.76 bits per heavy atom. The Morgan fingerprint density at radius 1 is 1.21 bits per heavy atom. The van der Waals surface area contributed by atoms with Gasteiger partial charge in [-0.05, 0) is 37.5 Å². The van der Waals surface area contributed by atoms with Gasteiger partial charge in [0.1, 0.15) is 11.4 Å². The number of aryl methyl sites for hydroxylation is 1. The van der Waals surface area contributed by atoms with Crippen molar-refractivity contribution >= 4 is 38.6 Å². The predicted octanol–water partition coefficient (Wildman–Crippen LogP) is 3.87. The molecule has 3 aliphatic heterocycles. The fraction of sp³-hybridized carbons (Fsp3) is 0.519. The second-order valence-corrected chi connectivity index (χ2v) is 13.8. The Labute approximate surface area is 245 Å². The summed E-state index contributed by atoms with van der Waals surface area (Å²) in [5.41, 5.74) is -0.138. The van der Waals surface area contributed by atoms with Crippen LogP contribution in [0.5, 0.6) is 0 Å². The number of ether oxygens (including phenoxy) is 1. The number of nitrogens with zero attached hydrogens (tertiary/aromatic N) is 5. The quantitative estimate of drug-likeness (QED) is 0.382. The highest BCUT2D eigenvalue weighted by Gasteiger charge is 2.43. The van der Waals surface area contributed by atoms with E-state index < -0.39 is 27.3 Å². The number of fused-ring (bicyclic) bond motifs is 3. The van der Waals surface area contributed by atoms with Crippen molar-refractivity contribution in [1.29, 1.82) is 0 Å². The summed E-state index contributed by atoms with van der Waals surface area (Å²) in [6, 6.07) is 5.77. The minimum Gasteiger partial charge on any atom is -0.396 e. The van der Waals surface area contributed by atoms with Crippen LogP contribution < -0.4 is 10.2 Å². The summed E-state index contributed by atoms with van der Waals surface area (Å²) in [4.78, 5) is 18.2. The molecule has 10 nitrogen and oxygen atoms in total. The molecule has 3 aromatic rings. The maximum atomic E-state index is 14.0. The van der Waals surface area contributed by atoms with Gasteiger partial charge in [0.05, 0.1) is 45.8 Å². The van der Waals surface area contributed by atoms with Gasteiger partial charge in [0.2, 0.25) is 5.95 Å². The lowest BCUT2D eigenvalue weighted by Gasteiger charge is -2.35. The number of aromatic nitrogens is 3. The number of aliphatic hydroxyl groups excluding tert-OH is 1. The first-order valence-corrected chi connectivity index (χ1v) is 16.3. The number of sulfone groups is 1. The van der Waals surface area contributed by atoms with Crippen LogP contribution in [-0.4, -0.2) is 84.1 Å². The van der Waals surface area contributed by atoms with Crippen molar-refractivity contribution in [2.24, 2.45) is 0 Å². The minimum atomic E-state index is -4.74. The smallest absolute Gasteiger partial charge is 0.396 e. The van der Waals surface area contributed by atoms with Crippen molar-refractivity contribution in [3.63, 3.8) is 0 Å². The number of anilines is 3. The molecule has 0 aliphatic carbocycles. The van der Waals surface area contributed by atoms with Crippen LogP contribution in [0.4, 0.5) is 30.6 Å². The number of aliphatic hydroxyl groups is 1. The van der Waals surface area contributed by atoms with Crippen LogP contribution in [0, 0.1) is 0 Å². The number of thiophene rings is 1. The number of piperazine rings is 1. The van der Waals surface area contributed by atoms with Gasteiger partial charge in [-0.15, -0.1) is 11.3 Å². The van der Waals surface area contributed by atoms with Gasteiger partial charge < -0.3 is 20.1 Å². The summed E-state index contributed by atoms with van der Waals surface area (Å²) in [5, 5.41) is 12.2. The highest BCUT2D eigenvalue weighted by Crippen LogP contribution is 2.42. The topological polar surface area (TPSA) is 121 Å². The summed E-state index contributed by atoms with van der Waals surface area (Å²) in [6.07, 6.45) is -1.64. The summed E-state index contributed by atoms with van der Waals surface area (Å²) in [7, 11) is -3.68. The van der Waals surface area contributed by atoms with Crippen molar-refractivity contribution in [2.75, 3.05) is 48.8 Å². The summed E-state index contributed by atoms with van der Waals surface area (Å²) in [5.74, 6) is 0.566. The van der Waals surface area contributed by atoms with Crippen molar-refractivity contribution < 1.29 is 31.4 Å². The van der Waals surface area contributed by atoms with Crippen molar-refractivity contribution in [2.45, 2.75) is 55.9 Å². The molecule has 15 heteroatoms. The number of alkyl halides is 3. The molecule has 0 saturated carbocycles. The summed E-state index contributed by atoms with van der Waals surface area (Å²) < 4.78 is 72.6. The number of hydrogen-bond acceptors (Lipinski definition) is 11. The fourth-order valence-corrected chi connectivity index (χ4v) is 8.74. The molecule has 2 N–H and O–H groups in total. The van der Waals surface area contributed by atoms with E-state index in [1.165, 1.54) is 6.07 Å². The van der Waals surface area contributed by atoms with E-state index in [9.17, 15) is 21.6 Å². The molecule has 0 aromatic carbocycles. The Hall–Kier alpha value is -2.85. The summed E-state index contributed by atoms with van der Waals surface area (Å²) >= 11 is 0.927. The summed E-state index contributed by atoms with van der Waals surface area (Å²) in [6.45, 7) is 4.84. The monoisotopic (exact) mass is 624 g/mol. The molecule has 0 unspecified atom stereocenters. The van der Waals surface area contributed by atoms with Crippen LogP contribution in [0.2, 0.25) is 0 Å². The van der Waals surface area contributed by atoms with Crippen molar-refractivity contribution in [3.05, 3.63) is 40.5 Å². The molecule has 226 valence electrons. The number of nitrogens with one attached hydrogen (secondary N) is 1. The Bertz CT molecular complexity index is 1580. The van der Waals surface area contributed by atoms with Crippen LogP contribution in [0.15, 0.2) is 29.3 Å². The molecule has 2 saturated heterocycles. The van der Waals surface area contributed by atoms with E-state index in [1.807, 2.05) is 19.1 Å². The molecule has 0 spiro atoms. The predicted molar refractivity (Wildman–Crippen MR) is 152 cm³/mol. The van der Waals surface area contributed by atoms with Gasteiger partial charge >= 0.3 is 6.18 Å². The van der Waals surface area contributed by atoms with Crippen LogP contribution >= 0.6 is 11.3 Å². The number of halogens is 3. The molecule has 6 rings (SSSR count). The highest BCUT2D eigenvalue weighted by molar-refractivity contribution is 7.91. The third kappa shape index (κ3) is 5.60. The molecule has 0 amide bonds. The molecule has 0 radical (unpaired) electrons. The zero-order valence-electron chi connectivity index (χ0n) is 22.9. The second-order valence-electron chi connectivity index (χ2n) is 10.6. The van der Waals surface area contributed by atoms with E-state index in [-0.39, 0.29) is 41.3 Å². The minimum absolute atomic E-state index is 0.00790. The lowest BCUT2D eigenvalue weighted by Crippen LogP contribution is -2.47. The Morgan fingerprint density at radius 2 is 2.05 bits per heavy atom. The van der Waals surface area contributed by atoms with E-state index in [1.54, 1.807) is 0 Å². The van der Waals surface area contributed by atoms with Crippen molar-refractivity contribution in [1.82, 2.24) is 19.9 Å². The first-order chi connectivity index (χ1) is 20.1. The normalized spacial score (nSPS) is 21.9. The van der Waals surface area contributed by atoms with Crippen LogP contribution in [0.1, 0.15) is 35.9 Å². The molecule has 3 aliphatic rings. The zero-order chi connectivity index (χ0) is 29.6. The fourth-order valence-electron chi connectivity index (χ4n) is 5.90. The average Bonchev–Trinajstić information content (AvgIpc) is 3.67. The third-order valence-corrected chi connectivity index (χ3v) is 10.9. The van der Waals surface area contributed by atoms with Crippen molar-refractivity contribution in [3.8, 4) is 10.6 Å². The lowest BCUT2D eigenvalue weighted by atomic mass is 10.2. The maximum absolute atomic E-state index is 14.0. The van der Waals surface area contributed by atoms with Crippen LogP contribution in [0.3, 0.4) is 0 Å². The van der Waals surface area contributed by atoms with Gasteiger partial charge in [-0.3, -0.25) is 4.90 Å². The second kappa shape index (κ2) is 11.3. The number of likely N-dealkylation sites (tertiary alicyclic amines) is 1. The third-order valence-electron chi connectivity index (χ3n) is 7.95. The van der Waals surface area contributed by atoms with Gasteiger partial charge in [0.15, 0.2) is 9.84 Å². The van der Waals surface area contributed by atoms with Gasteiger partial charge in [-0.1, -0.05) is 6.92 Å². The molecular formula is C27H31F3N6O4S2. The van der Waals surface area contributed by atoms with E-state index >= 15 is 0 Å². The van der Waals surface area contributed by atoms with Crippen LogP contribution in [-0.2, 0) is 33.8 Å². The van der Waals surface area contributed by atoms with E-state index in [2.05, 4.69) is 25.1 Å². The SMILES string of the molecule is CCc1nc(N2C[C@H]3C[C@@H]2CN3CCCO)ccc1Nc1ncc(C(F)(F)F)c(-c2cc3c(s2)COCCS3(=O)=O)n1. The van der Waals surface area contributed by atoms with E-state index in [0.717, 1.165) is 61.5 Å². The standard InChI is InChI=1S/C27H31F3N6O4S2/c1-2-19-20(4-5-24(32-19)36-14-16-10-17(36)13-35(16)6-3-7-37)33-26-31-12-18(27(28,29)30)25(34-26)21-11-23-22(41-21)15-40-8-9-42(23,38)39/h4-5,11-12,16-17,37H,2-3,6-10,13-15H2,1H3,(H,31,33,34)/t16-,17-/m1/s1. The molecule has 3 aromatic heterocycles. The van der Waals surface area contributed by atoms with Gasteiger partial charge in [0.25, 0.3) is 0 Å². The zero-order valence-corrected chi connectivity index (χ0v) is 24.5. The maximum Gasteiger partial charge on any atom is 0.420 e. The molecular weight excluding hydrogens is 593 g/mol. The number of pyridine rings is 1.